The van der Waals surface area contributed by atoms with Gasteiger partial charge in [0.25, 0.3) is 11.8 Å². The number of nitrogens with one attached hydrogen (secondary N) is 2. The van der Waals surface area contributed by atoms with E-state index in [0.717, 1.165) is 31.2 Å². The van der Waals surface area contributed by atoms with Crippen LogP contribution in [-0.4, -0.2) is 58.2 Å². The number of aryl methyl sites for hydroxylation is 1. The lowest BCUT2D eigenvalue weighted by molar-refractivity contribution is -0.142. The van der Waals surface area contributed by atoms with E-state index in [0.29, 0.717) is 34.1 Å². The predicted octanol–water partition coefficient (Wildman–Crippen LogP) is 5.76. The van der Waals surface area contributed by atoms with E-state index in [1.807, 2.05) is 11.6 Å². The number of alkyl carbamates (subject to hydrolysis) is 1. The molecule has 3 amide bonds. The average Bonchev–Trinajstić information content (AvgIpc) is 3.35. The van der Waals surface area contributed by atoms with Gasteiger partial charge < -0.3 is 19.4 Å². The molecule has 12 nitrogen and oxygen atoms in total. The molecule has 0 aliphatic carbocycles. The first kappa shape index (κ1) is 32.6. The molecule has 2 aromatic carbocycles. The van der Waals surface area contributed by atoms with Crippen LogP contribution in [-0.2, 0) is 21.3 Å². The number of hydrogen-bond acceptors (Lipinski definition) is 9. The number of benzene rings is 2. The van der Waals surface area contributed by atoms with Gasteiger partial charge >= 0.3 is 12.1 Å². The number of nitrogens with zero attached hydrogens (tertiary/aromatic N) is 4. The van der Waals surface area contributed by atoms with E-state index in [4.69, 9.17) is 9.47 Å². The Labute approximate surface area is 261 Å². The highest BCUT2D eigenvalue weighted by molar-refractivity contribution is 6.07. The molecule has 2 N–H and O–H groups in total. The molecule has 0 saturated carbocycles. The zero-order valence-corrected chi connectivity index (χ0v) is 25.7. The fourth-order valence-corrected chi connectivity index (χ4v) is 4.60. The molecule has 236 valence electrons. The third-order valence-electron chi connectivity index (χ3n) is 6.99. The van der Waals surface area contributed by atoms with Crippen LogP contribution in [0.1, 0.15) is 66.7 Å². The number of anilines is 3. The third-order valence-corrected chi connectivity index (χ3v) is 6.99. The first-order chi connectivity index (χ1) is 21.8. The van der Waals surface area contributed by atoms with Crippen molar-refractivity contribution in [3.05, 3.63) is 78.0 Å². The molecule has 0 radical (unpaired) electrons. The van der Waals surface area contributed by atoms with E-state index in [2.05, 4.69) is 27.5 Å². The summed E-state index contributed by atoms with van der Waals surface area (Å²) in [5.74, 6) is -0.336. The number of ether oxygens (including phenoxy) is 2. The maximum atomic E-state index is 13.6. The Balaban J connectivity index is 1.43. The lowest BCUT2D eigenvalue weighted by Crippen LogP contribution is -2.34. The molecule has 2 heterocycles. The summed E-state index contributed by atoms with van der Waals surface area (Å²) in [7, 11) is 1.84. The van der Waals surface area contributed by atoms with Crippen LogP contribution >= 0.6 is 0 Å². The van der Waals surface area contributed by atoms with Gasteiger partial charge in [-0.25, -0.2) is 14.8 Å². The van der Waals surface area contributed by atoms with Crippen LogP contribution in [0.3, 0.4) is 0 Å². The Kier molecular flexibility index (Phi) is 11.6. The van der Waals surface area contributed by atoms with Gasteiger partial charge in [0.15, 0.2) is 0 Å². The van der Waals surface area contributed by atoms with Gasteiger partial charge in [-0.15, -0.1) is 0 Å². The Bertz CT molecular complexity index is 1620. The smallest absolute Gasteiger partial charge is 0.414 e. The topological polar surface area (TPSA) is 145 Å². The van der Waals surface area contributed by atoms with Crippen molar-refractivity contribution in [3.8, 4) is 0 Å². The minimum absolute atomic E-state index is 0.0275. The lowest BCUT2D eigenvalue weighted by atomic mass is 10.1. The van der Waals surface area contributed by atoms with Crippen LogP contribution in [0.25, 0.3) is 11.0 Å². The van der Waals surface area contributed by atoms with Crippen LogP contribution in [0.4, 0.5) is 22.2 Å². The van der Waals surface area contributed by atoms with E-state index >= 15 is 0 Å². The molecule has 4 rings (SSSR count). The molecule has 0 bridgehead atoms. The summed E-state index contributed by atoms with van der Waals surface area (Å²) in [5, 5.41) is 5.47. The summed E-state index contributed by atoms with van der Waals surface area (Å²) in [6.45, 7) is 4.47. The molecule has 4 aromatic rings. The summed E-state index contributed by atoms with van der Waals surface area (Å²) in [6, 6.07) is 17.0. The van der Waals surface area contributed by atoms with Gasteiger partial charge in [-0.05, 0) is 67.9 Å². The number of imide groups is 1. The summed E-state index contributed by atoms with van der Waals surface area (Å²) >= 11 is 0. The minimum atomic E-state index is -0.765. The quantitative estimate of drug-likeness (QED) is 0.134. The number of fused-ring (bicyclic) bond motifs is 1. The van der Waals surface area contributed by atoms with E-state index in [9.17, 15) is 19.2 Å². The Hall–Kier alpha value is -5.26. The Morgan fingerprint density at radius 2 is 1.69 bits per heavy atom. The van der Waals surface area contributed by atoms with Crippen molar-refractivity contribution in [1.82, 2.24) is 19.9 Å². The third kappa shape index (κ3) is 8.88. The standard InChI is InChI=1S/C33H38N6O6/c1-4-6-7-10-21-45-33(43)37-30(41)23-12-15-25(16-13-23)35-32-36-26-22-24(14-17-27(26)38(32)3)31(42)39(20-18-29(40)44-5-2)28-11-8-9-19-34-28/h8-9,11-17,19,22H,4-7,10,18,20-21H2,1-3H3,(H,35,36)(H,37,41,43). The molecule has 2 aromatic heterocycles. The van der Waals surface area contributed by atoms with Gasteiger partial charge in [0, 0.05) is 36.6 Å². The molecular formula is C33H38N6O6. The molecule has 0 atom stereocenters. The van der Waals surface area contributed by atoms with Crippen LogP contribution in [0.5, 0.6) is 0 Å². The number of carbonyl (C=O) groups excluding carboxylic acids is 4. The molecule has 0 spiro atoms. The van der Waals surface area contributed by atoms with E-state index in [-0.39, 0.29) is 32.1 Å². The fourth-order valence-electron chi connectivity index (χ4n) is 4.60. The zero-order valence-electron chi connectivity index (χ0n) is 25.7. The summed E-state index contributed by atoms with van der Waals surface area (Å²) < 4.78 is 12.0. The molecular weight excluding hydrogens is 576 g/mol. The van der Waals surface area contributed by atoms with Crippen LogP contribution in [0, 0.1) is 0 Å². The summed E-state index contributed by atoms with van der Waals surface area (Å²) in [4.78, 5) is 60.4. The first-order valence-electron chi connectivity index (χ1n) is 15.0. The second-order valence-electron chi connectivity index (χ2n) is 10.3. The van der Waals surface area contributed by atoms with E-state index in [1.165, 1.54) is 4.90 Å². The Morgan fingerprint density at radius 1 is 0.911 bits per heavy atom. The normalized spacial score (nSPS) is 10.7. The number of rotatable bonds is 14. The number of hydrogen-bond donors (Lipinski definition) is 2. The molecule has 0 aliphatic rings. The largest absolute Gasteiger partial charge is 0.466 e. The monoisotopic (exact) mass is 614 g/mol. The van der Waals surface area contributed by atoms with Crippen molar-refractivity contribution in [1.29, 1.82) is 0 Å². The van der Waals surface area contributed by atoms with Gasteiger partial charge in [-0.2, -0.15) is 0 Å². The van der Waals surface area contributed by atoms with Gasteiger partial charge in [-0.1, -0.05) is 32.3 Å². The summed E-state index contributed by atoms with van der Waals surface area (Å²) in [5.41, 5.74) is 2.73. The SMILES string of the molecule is CCCCCCOC(=O)NC(=O)c1ccc(Nc2nc3cc(C(=O)N(CCC(=O)OCC)c4ccccn4)ccc3n2C)cc1. The highest BCUT2D eigenvalue weighted by Gasteiger charge is 2.21. The number of unbranched alkanes of at least 4 members (excludes halogenated alkanes) is 3. The van der Waals surface area contributed by atoms with Crippen molar-refractivity contribution in [2.24, 2.45) is 7.05 Å². The zero-order chi connectivity index (χ0) is 32.2. The van der Waals surface area contributed by atoms with Gasteiger partial charge in [0.1, 0.15) is 5.82 Å². The first-order valence-corrected chi connectivity index (χ1v) is 15.0. The van der Waals surface area contributed by atoms with Crippen LogP contribution < -0.4 is 15.5 Å². The van der Waals surface area contributed by atoms with Crippen LogP contribution in [0.15, 0.2) is 66.9 Å². The van der Waals surface area contributed by atoms with Gasteiger partial charge in [0.05, 0.1) is 30.7 Å². The number of carbonyl (C=O) groups is 4. The lowest BCUT2D eigenvalue weighted by Gasteiger charge is -2.21. The van der Waals surface area contributed by atoms with Gasteiger partial charge in [-0.3, -0.25) is 24.6 Å². The molecule has 45 heavy (non-hydrogen) atoms. The average molecular weight is 615 g/mol. The van der Waals surface area contributed by atoms with E-state index in [1.54, 1.807) is 73.8 Å². The Morgan fingerprint density at radius 3 is 2.40 bits per heavy atom. The molecule has 12 heteroatoms. The molecule has 0 fully saturated rings. The highest BCUT2D eigenvalue weighted by atomic mass is 16.5. The van der Waals surface area contributed by atoms with Crippen molar-refractivity contribution in [3.63, 3.8) is 0 Å². The number of esters is 1. The van der Waals surface area contributed by atoms with Crippen molar-refractivity contribution in [2.45, 2.75) is 46.0 Å². The highest BCUT2D eigenvalue weighted by Crippen LogP contribution is 2.24. The number of amides is 3. The number of imidazole rings is 1. The van der Waals surface area contributed by atoms with E-state index < -0.39 is 18.0 Å². The van der Waals surface area contributed by atoms with Crippen LogP contribution in [0.2, 0.25) is 0 Å². The summed E-state index contributed by atoms with van der Waals surface area (Å²) in [6.07, 6.45) is 4.74. The number of aromatic nitrogens is 3. The molecule has 0 unspecified atom stereocenters. The second-order valence-corrected chi connectivity index (χ2v) is 10.3. The predicted molar refractivity (Wildman–Crippen MR) is 171 cm³/mol. The second kappa shape index (κ2) is 16.0. The minimum Gasteiger partial charge on any atom is -0.466 e. The number of pyridine rings is 1. The van der Waals surface area contributed by atoms with Crippen molar-refractivity contribution >= 4 is 52.4 Å². The van der Waals surface area contributed by atoms with Crippen molar-refractivity contribution < 1.29 is 28.7 Å². The molecule has 0 saturated heterocycles. The molecule has 0 aliphatic heterocycles. The fraction of sp³-hybridized carbons (Fsp3) is 0.333. The van der Waals surface area contributed by atoms with Gasteiger partial charge in [0.2, 0.25) is 5.95 Å². The maximum Gasteiger partial charge on any atom is 0.414 e. The maximum absolute atomic E-state index is 13.6. The van der Waals surface area contributed by atoms with Crippen molar-refractivity contribution in [2.75, 3.05) is 30.0 Å².